The first-order chi connectivity index (χ1) is 24.2. The number of pyridine rings is 2. The second-order valence-corrected chi connectivity index (χ2v) is 11.7. The highest BCUT2D eigenvalue weighted by Crippen LogP contribution is 2.48. The van der Waals surface area contributed by atoms with E-state index < -0.39 is 24.4 Å². The Morgan fingerprint density at radius 1 is 0.898 bits per heavy atom. The molecule has 14 heteroatoms. The van der Waals surface area contributed by atoms with Crippen LogP contribution in [0.25, 0.3) is 22.3 Å². The van der Waals surface area contributed by atoms with E-state index in [1.807, 2.05) is 0 Å². The summed E-state index contributed by atoms with van der Waals surface area (Å²) in [7, 11) is 0. The number of nitrogens with zero attached hydrogens (tertiary/aromatic N) is 4. The fraction of sp³-hybridized carbons (Fsp3) is 0.257. The van der Waals surface area contributed by atoms with Gasteiger partial charge in [0, 0.05) is 26.0 Å². The van der Waals surface area contributed by atoms with Gasteiger partial charge >= 0.3 is 11.9 Å². The first kappa shape index (κ1) is 32.6. The number of rotatable bonds is 4. The summed E-state index contributed by atoms with van der Waals surface area (Å²) in [5, 5.41) is 0.979. The van der Waals surface area contributed by atoms with Crippen LogP contribution in [0.2, 0.25) is 10.3 Å². The lowest BCUT2D eigenvalue weighted by molar-refractivity contribution is -0.156. The Balaban J connectivity index is 0.000000185. The maximum Gasteiger partial charge on any atom is 0.369 e. The average Bonchev–Trinajstić information content (AvgIpc) is 3.71. The minimum absolute atomic E-state index is 0. The Kier molecular flexibility index (Phi) is 9.00. The van der Waals surface area contributed by atoms with Crippen molar-refractivity contribution in [2.45, 2.75) is 46.2 Å². The lowest BCUT2D eigenvalue weighted by Crippen LogP contribution is -2.50. The van der Waals surface area contributed by atoms with Gasteiger partial charge < -0.3 is 23.8 Å². The normalized spacial score (nSPS) is 17.9. The zero-order valence-corrected chi connectivity index (χ0v) is 27.0. The van der Waals surface area contributed by atoms with Crippen molar-refractivity contribution in [2.24, 2.45) is 0 Å². The van der Waals surface area contributed by atoms with Gasteiger partial charge in [0.1, 0.15) is 39.1 Å². The van der Waals surface area contributed by atoms with Crippen LogP contribution in [0.5, 0.6) is 11.5 Å². The molecule has 3 atom stereocenters. The van der Waals surface area contributed by atoms with Gasteiger partial charge in [-0.25, -0.2) is 28.3 Å². The quantitative estimate of drug-likeness (QED) is 0.135. The predicted molar refractivity (Wildman–Crippen MR) is 181 cm³/mol. The molecular weight excluding hydrogens is 681 g/mol. The van der Waals surface area contributed by atoms with Gasteiger partial charge in [-0.2, -0.15) is 0 Å². The lowest BCUT2D eigenvalue weighted by Gasteiger charge is -2.38. The Morgan fingerprint density at radius 3 is 2.27 bits per heavy atom. The van der Waals surface area contributed by atoms with Crippen LogP contribution in [0, 0.1) is 11.6 Å². The third-order valence-corrected chi connectivity index (χ3v) is 8.53. The molecular formula is C35H32Cl2F2N4O6. The molecule has 0 spiro atoms. The summed E-state index contributed by atoms with van der Waals surface area (Å²) in [6.45, 7) is 3.89. The van der Waals surface area contributed by atoms with Crippen molar-refractivity contribution in [1.29, 1.82) is 0 Å². The predicted octanol–water partition coefficient (Wildman–Crippen LogP) is 8.09. The summed E-state index contributed by atoms with van der Waals surface area (Å²) in [5.41, 5.74) is 3.28. The number of benzene rings is 2. The second-order valence-electron chi connectivity index (χ2n) is 10.9. The number of esters is 2. The summed E-state index contributed by atoms with van der Waals surface area (Å²) < 4.78 is 61.8. The number of halogens is 4. The number of fused-ring (bicyclic) bond motifs is 10. The van der Waals surface area contributed by atoms with E-state index in [-0.39, 0.29) is 43.5 Å². The van der Waals surface area contributed by atoms with Gasteiger partial charge in [-0.3, -0.25) is 4.57 Å². The maximum atomic E-state index is 14.2. The first-order valence-electron chi connectivity index (χ1n) is 16.0. The number of carbonyl (C=O) groups excluding carboxylic acids is 2. The second kappa shape index (κ2) is 13.5. The molecule has 0 N–H and O–H groups in total. The average molecular weight is 716 g/mol. The van der Waals surface area contributed by atoms with Crippen molar-refractivity contribution in [1.82, 2.24) is 14.5 Å². The smallest absolute Gasteiger partial charge is 0.369 e. The first-order valence-corrected chi connectivity index (χ1v) is 15.8. The third kappa shape index (κ3) is 5.89. The minimum atomic E-state index is -1.05. The molecule has 6 heterocycles. The lowest BCUT2D eigenvalue weighted by atomic mass is 10.0. The molecule has 0 bridgehead atoms. The summed E-state index contributed by atoms with van der Waals surface area (Å²) in [6.07, 6.45) is -1.63. The van der Waals surface area contributed by atoms with Gasteiger partial charge in [0.25, 0.3) is 12.5 Å². The molecule has 0 aliphatic carbocycles. The van der Waals surface area contributed by atoms with Crippen molar-refractivity contribution in [3.63, 3.8) is 0 Å². The summed E-state index contributed by atoms with van der Waals surface area (Å²) in [4.78, 5) is 35.1. The molecule has 0 radical (unpaired) electrons. The molecule has 256 valence electrons. The Labute approximate surface area is 293 Å². The van der Waals surface area contributed by atoms with E-state index in [2.05, 4.69) is 9.97 Å². The SMILES string of the molecule is C.CCOC(=O)C1Oc2ccc(Cl)nc2-c2cc3c(F)cccc3n21.CCOC(=O)C1Oc2ccc(Cl)nc2C2Cc3c(F)cccc3N12.[2H][2H]. The highest BCUT2D eigenvalue weighted by Gasteiger charge is 2.47. The topological polar surface area (TPSA) is 105 Å². The zero-order chi connectivity index (χ0) is 35.7. The molecule has 3 unspecified atom stereocenters. The van der Waals surface area contributed by atoms with Crippen LogP contribution in [0.4, 0.5) is 14.5 Å². The van der Waals surface area contributed by atoms with Crippen LogP contribution in [0.15, 0.2) is 66.7 Å². The fourth-order valence-corrected chi connectivity index (χ4v) is 6.49. The van der Waals surface area contributed by atoms with Gasteiger partial charge in [-0.15, -0.1) is 0 Å². The van der Waals surface area contributed by atoms with Crippen molar-refractivity contribution in [3.05, 3.63) is 99.9 Å². The van der Waals surface area contributed by atoms with Crippen molar-refractivity contribution >= 4 is 51.7 Å². The third-order valence-electron chi connectivity index (χ3n) is 8.11. The number of ether oxygens (including phenoxy) is 4. The van der Waals surface area contributed by atoms with Gasteiger partial charge in [0.15, 0.2) is 5.75 Å². The molecule has 3 aromatic heterocycles. The summed E-state index contributed by atoms with van der Waals surface area (Å²) >= 11 is 12.0. The van der Waals surface area contributed by atoms with Gasteiger partial charge in [-0.05, 0) is 68.4 Å². The molecule has 10 nitrogen and oxygen atoms in total. The van der Waals surface area contributed by atoms with Gasteiger partial charge in [0.05, 0.1) is 30.5 Å². The number of hydrogen-bond donors (Lipinski definition) is 0. The van der Waals surface area contributed by atoms with Gasteiger partial charge in [-0.1, -0.05) is 42.8 Å². The van der Waals surface area contributed by atoms with Crippen LogP contribution in [-0.4, -0.2) is 45.9 Å². The zero-order valence-electron chi connectivity index (χ0n) is 27.5. The molecule has 0 saturated heterocycles. The fourth-order valence-electron chi connectivity index (χ4n) is 6.19. The Hall–Kier alpha value is -4.94. The molecule has 0 fully saturated rings. The number of aromatic nitrogens is 3. The van der Waals surface area contributed by atoms with E-state index in [1.54, 1.807) is 77.9 Å². The Bertz CT molecular complexity index is 2110. The Morgan fingerprint density at radius 2 is 1.53 bits per heavy atom. The number of carbonyl (C=O) groups is 2. The van der Waals surface area contributed by atoms with Crippen molar-refractivity contribution in [3.8, 4) is 22.9 Å². The van der Waals surface area contributed by atoms with E-state index in [9.17, 15) is 18.4 Å². The van der Waals surface area contributed by atoms with E-state index in [0.29, 0.717) is 62.3 Å². The van der Waals surface area contributed by atoms with E-state index in [4.69, 9.17) is 45.1 Å². The van der Waals surface area contributed by atoms with Crippen LogP contribution in [0.1, 0.15) is 47.8 Å². The highest BCUT2D eigenvalue weighted by atomic mass is 35.5. The molecule has 3 aliphatic rings. The molecule has 0 amide bonds. The van der Waals surface area contributed by atoms with E-state index in [0.717, 1.165) is 0 Å². The van der Waals surface area contributed by atoms with Crippen molar-refractivity contribution < 1.29 is 40.3 Å². The monoisotopic (exact) mass is 714 g/mol. The van der Waals surface area contributed by atoms with Crippen LogP contribution in [0.3, 0.4) is 0 Å². The molecule has 2 aromatic carbocycles. The number of hydrogen-bond acceptors (Lipinski definition) is 9. The summed E-state index contributed by atoms with van der Waals surface area (Å²) in [6, 6.07) is 17.2. The van der Waals surface area contributed by atoms with E-state index in [1.165, 1.54) is 12.1 Å². The van der Waals surface area contributed by atoms with E-state index >= 15 is 0 Å². The molecule has 0 saturated carbocycles. The number of anilines is 1. The van der Waals surface area contributed by atoms with Gasteiger partial charge in [0.2, 0.25) is 0 Å². The van der Waals surface area contributed by atoms with Crippen LogP contribution < -0.4 is 14.4 Å². The van der Waals surface area contributed by atoms with Crippen molar-refractivity contribution in [2.75, 3.05) is 18.1 Å². The maximum absolute atomic E-state index is 14.2. The molecule has 8 rings (SSSR count). The van der Waals surface area contributed by atoms with Crippen LogP contribution >= 0.6 is 23.2 Å². The standard InChI is InChI=1S/C17H14ClFN2O3.C17H12ClFN2O3.CH4.H2/c2*1-2-23-17(22)16-21-11-5-3-4-10(19)9(11)8-12(21)15-13(24-16)6-7-14(18)20-15;;/h3-7,12,16H,2,8H2,1H3;3-8,16H,2H2,1H3;1H4;1H/i;;;1+1D. The highest BCUT2D eigenvalue weighted by molar-refractivity contribution is 6.29. The molecule has 3 aliphatic heterocycles. The largest absolute Gasteiger partial charge is 0.462 e. The minimum Gasteiger partial charge on any atom is -0.462 e. The molecule has 49 heavy (non-hydrogen) atoms. The summed E-state index contributed by atoms with van der Waals surface area (Å²) in [5.74, 6) is -0.907. The molecule has 5 aromatic rings. The van der Waals surface area contributed by atoms with Crippen LogP contribution in [-0.2, 0) is 25.5 Å².